The monoisotopic (exact) mass is 260 g/mol. The van der Waals surface area contributed by atoms with Crippen LogP contribution in [0, 0.1) is 17.1 Å². The lowest BCUT2D eigenvalue weighted by Gasteiger charge is -2.21. The number of halogens is 1. The van der Waals surface area contributed by atoms with Crippen LogP contribution in [0.2, 0.25) is 0 Å². The van der Waals surface area contributed by atoms with Gasteiger partial charge in [-0.15, -0.1) is 0 Å². The molecule has 0 bridgehead atoms. The van der Waals surface area contributed by atoms with Crippen LogP contribution < -0.4 is 5.32 Å². The number of nitrogens with zero attached hydrogens (tertiary/aromatic N) is 1. The molecule has 0 aliphatic heterocycles. The average Bonchev–Trinajstić information content (AvgIpc) is 2.87. The maximum Gasteiger partial charge on any atom is 0.221 e. The van der Waals surface area contributed by atoms with Gasteiger partial charge < -0.3 is 5.32 Å². The number of nitrogens with one attached hydrogen (secondary N) is 1. The largest absolute Gasteiger partial charge is 0.338 e. The molecule has 0 saturated heterocycles. The Morgan fingerprint density at radius 3 is 2.53 bits per heavy atom. The predicted octanol–water partition coefficient (Wildman–Crippen LogP) is 2.71. The highest BCUT2D eigenvalue weighted by Gasteiger charge is 2.35. The first kappa shape index (κ1) is 13.5. The summed E-state index contributed by atoms with van der Waals surface area (Å²) in [4.78, 5) is 11.9. The van der Waals surface area contributed by atoms with Crippen molar-refractivity contribution in [3.05, 3.63) is 35.6 Å². The molecule has 2 rings (SSSR count). The van der Waals surface area contributed by atoms with E-state index in [1.165, 1.54) is 12.1 Å². The molecule has 1 aromatic carbocycles. The van der Waals surface area contributed by atoms with Crippen molar-refractivity contribution in [2.45, 2.75) is 44.1 Å². The summed E-state index contributed by atoms with van der Waals surface area (Å²) in [5.74, 6) is -0.379. The van der Waals surface area contributed by atoms with Gasteiger partial charge in [0.2, 0.25) is 5.91 Å². The molecule has 100 valence electrons. The molecule has 0 radical (unpaired) electrons. The van der Waals surface area contributed by atoms with Gasteiger partial charge >= 0.3 is 0 Å². The molecule has 0 atom stereocenters. The van der Waals surface area contributed by atoms with Gasteiger partial charge in [-0.3, -0.25) is 4.79 Å². The standard InChI is InChI=1S/C15H17FN2O/c16-13-6-3-12(4-7-13)5-8-14(19)18-15(11-17)9-1-2-10-15/h3-4,6-7H,1-2,5,8-10H2,(H,18,19). The van der Waals surface area contributed by atoms with Crippen LogP contribution >= 0.6 is 0 Å². The van der Waals surface area contributed by atoms with Crippen molar-refractivity contribution in [1.82, 2.24) is 5.32 Å². The Labute approximate surface area is 112 Å². The van der Waals surface area contributed by atoms with Gasteiger partial charge in [0.15, 0.2) is 0 Å². The summed E-state index contributed by atoms with van der Waals surface area (Å²) in [7, 11) is 0. The van der Waals surface area contributed by atoms with Gasteiger partial charge in [-0.2, -0.15) is 5.26 Å². The minimum Gasteiger partial charge on any atom is -0.338 e. The fourth-order valence-electron chi connectivity index (χ4n) is 2.48. The smallest absolute Gasteiger partial charge is 0.221 e. The highest BCUT2D eigenvalue weighted by Crippen LogP contribution is 2.28. The third-order valence-corrected chi connectivity index (χ3v) is 3.60. The van der Waals surface area contributed by atoms with Crippen LogP contribution in [0.3, 0.4) is 0 Å². The number of aryl methyl sites for hydroxylation is 1. The van der Waals surface area contributed by atoms with E-state index in [2.05, 4.69) is 11.4 Å². The van der Waals surface area contributed by atoms with Crippen LogP contribution in [0.1, 0.15) is 37.7 Å². The number of benzene rings is 1. The number of hydrogen-bond acceptors (Lipinski definition) is 2. The van der Waals surface area contributed by atoms with Crippen molar-refractivity contribution >= 4 is 5.91 Å². The Kier molecular flexibility index (Phi) is 4.16. The second-order valence-electron chi connectivity index (χ2n) is 5.08. The van der Waals surface area contributed by atoms with E-state index in [9.17, 15) is 14.4 Å². The molecule has 0 aromatic heterocycles. The number of carbonyl (C=O) groups is 1. The van der Waals surface area contributed by atoms with E-state index < -0.39 is 5.54 Å². The van der Waals surface area contributed by atoms with Crippen molar-refractivity contribution in [3.63, 3.8) is 0 Å². The van der Waals surface area contributed by atoms with Crippen LogP contribution in [0.15, 0.2) is 24.3 Å². The van der Waals surface area contributed by atoms with E-state index in [0.717, 1.165) is 31.2 Å². The van der Waals surface area contributed by atoms with E-state index in [1.807, 2.05) is 0 Å². The molecule has 1 N–H and O–H groups in total. The minimum atomic E-state index is -0.653. The zero-order chi connectivity index (χ0) is 13.7. The van der Waals surface area contributed by atoms with Gasteiger partial charge in [0, 0.05) is 6.42 Å². The lowest BCUT2D eigenvalue weighted by molar-refractivity contribution is -0.122. The first-order chi connectivity index (χ1) is 9.13. The quantitative estimate of drug-likeness (QED) is 0.905. The Bertz CT molecular complexity index is 484. The number of rotatable bonds is 4. The molecule has 1 amide bonds. The zero-order valence-electron chi connectivity index (χ0n) is 10.8. The van der Waals surface area contributed by atoms with Gasteiger partial charge in [-0.1, -0.05) is 12.1 Å². The number of hydrogen-bond donors (Lipinski definition) is 1. The Hall–Kier alpha value is -1.89. The van der Waals surface area contributed by atoms with Crippen molar-refractivity contribution in [2.75, 3.05) is 0 Å². The topological polar surface area (TPSA) is 52.9 Å². The molecule has 1 saturated carbocycles. The molecule has 0 unspecified atom stereocenters. The minimum absolute atomic E-state index is 0.104. The summed E-state index contributed by atoms with van der Waals surface area (Å²) in [6.07, 6.45) is 4.36. The second kappa shape index (κ2) is 5.83. The number of amides is 1. The molecular weight excluding hydrogens is 243 g/mol. The van der Waals surface area contributed by atoms with Crippen LogP contribution in [0.25, 0.3) is 0 Å². The predicted molar refractivity (Wildman–Crippen MR) is 69.7 cm³/mol. The summed E-state index contributed by atoms with van der Waals surface area (Å²) in [5, 5.41) is 12.0. The maximum absolute atomic E-state index is 12.7. The normalized spacial score (nSPS) is 16.8. The highest BCUT2D eigenvalue weighted by molar-refractivity contribution is 5.77. The fraction of sp³-hybridized carbons (Fsp3) is 0.467. The molecule has 0 heterocycles. The van der Waals surface area contributed by atoms with Crippen LogP contribution in [0.4, 0.5) is 4.39 Å². The average molecular weight is 260 g/mol. The van der Waals surface area contributed by atoms with Gasteiger partial charge in [-0.25, -0.2) is 4.39 Å². The Balaban J connectivity index is 1.85. The molecule has 1 aliphatic rings. The SMILES string of the molecule is N#CC1(NC(=O)CCc2ccc(F)cc2)CCCC1. The van der Waals surface area contributed by atoms with Crippen molar-refractivity contribution in [1.29, 1.82) is 5.26 Å². The third-order valence-electron chi connectivity index (χ3n) is 3.60. The molecule has 1 aromatic rings. The number of carbonyl (C=O) groups excluding carboxylic acids is 1. The molecule has 19 heavy (non-hydrogen) atoms. The van der Waals surface area contributed by atoms with Crippen LogP contribution in [-0.4, -0.2) is 11.4 Å². The van der Waals surface area contributed by atoms with E-state index in [1.54, 1.807) is 12.1 Å². The zero-order valence-corrected chi connectivity index (χ0v) is 10.8. The molecular formula is C15H17FN2O. The summed E-state index contributed by atoms with van der Waals surface area (Å²) >= 11 is 0. The second-order valence-corrected chi connectivity index (χ2v) is 5.08. The summed E-state index contributed by atoms with van der Waals surface area (Å²) < 4.78 is 12.7. The lowest BCUT2D eigenvalue weighted by Crippen LogP contribution is -2.45. The first-order valence-corrected chi connectivity index (χ1v) is 6.60. The summed E-state index contributed by atoms with van der Waals surface area (Å²) in [5.41, 5.74) is 0.272. The third kappa shape index (κ3) is 3.54. The van der Waals surface area contributed by atoms with E-state index in [-0.39, 0.29) is 11.7 Å². The van der Waals surface area contributed by atoms with E-state index >= 15 is 0 Å². The molecule has 3 nitrogen and oxygen atoms in total. The van der Waals surface area contributed by atoms with Crippen LogP contribution in [-0.2, 0) is 11.2 Å². The first-order valence-electron chi connectivity index (χ1n) is 6.60. The van der Waals surface area contributed by atoms with Gasteiger partial charge in [0.05, 0.1) is 6.07 Å². The van der Waals surface area contributed by atoms with Gasteiger partial charge in [0.1, 0.15) is 11.4 Å². The summed E-state index contributed by atoms with van der Waals surface area (Å²) in [6, 6.07) is 8.37. The van der Waals surface area contributed by atoms with Crippen LogP contribution in [0.5, 0.6) is 0 Å². The number of nitriles is 1. The van der Waals surface area contributed by atoms with Gasteiger partial charge in [-0.05, 0) is 49.8 Å². The van der Waals surface area contributed by atoms with Crippen molar-refractivity contribution in [3.8, 4) is 6.07 Å². The highest BCUT2D eigenvalue weighted by atomic mass is 19.1. The van der Waals surface area contributed by atoms with E-state index in [4.69, 9.17) is 0 Å². The molecule has 0 spiro atoms. The maximum atomic E-state index is 12.7. The fourth-order valence-corrected chi connectivity index (χ4v) is 2.48. The molecule has 1 fully saturated rings. The van der Waals surface area contributed by atoms with Crippen molar-refractivity contribution < 1.29 is 9.18 Å². The lowest BCUT2D eigenvalue weighted by atomic mass is 9.99. The Morgan fingerprint density at radius 1 is 1.32 bits per heavy atom. The Morgan fingerprint density at radius 2 is 1.95 bits per heavy atom. The molecule has 4 heteroatoms. The van der Waals surface area contributed by atoms with Gasteiger partial charge in [0.25, 0.3) is 0 Å². The van der Waals surface area contributed by atoms with E-state index in [0.29, 0.717) is 12.8 Å². The van der Waals surface area contributed by atoms with Crippen molar-refractivity contribution in [2.24, 2.45) is 0 Å². The molecule has 1 aliphatic carbocycles. The summed E-state index contributed by atoms with van der Waals surface area (Å²) in [6.45, 7) is 0.